The van der Waals surface area contributed by atoms with Crippen molar-refractivity contribution in [3.05, 3.63) is 78.5 Å². The van der Waals surface area contributed by atoms with Gasteiger partial charge in [0.15, 0.2) is 11.5 Å². The lowest BCUT2D eigenvalue weighted by Crippen LogP contribution is -2.43. The lowest BCUT2D eigenvalue weighted by Gasteiger charge is -2.29. The topological polar surface area (TPSA) is 85.8 Å². The van der Waals surface area contributed by atoms with Crippen LogP contribution in [0.2, 0.25) is 0 Å². The molecule has 2 atom stereocenters. The third kappa shape index (κ3) is 5.98. The molecule has 4 aromatic rings. The second kappa shape index (κ2) is 12.2. The smallest absolute Gasteiger partial charge is 0.223 e. The first kappa shape index (κ1) is 25.9. The number of pyridine rings is 2. The van der Waals surface area contributed by atoms with E-state index in [9.17, 15) is 4.79 Å². The Balaban J connectivity index is 1.57. The van der Waals surface area contributed by atoms with Gasteiger partial charge in [-0.3, -0.25) is 9.78 Å². The Morgan fingerprint density at radius 3 is 2.49 bits per heavy atom. The molecule has 1 amide bonds. The molecule has 0 saturated carbocycles. The monoisotopic (exact) mass is 500 g/mol. The molecule has 0 unspecified atom stereocenters. The molecule has 2 aromatic carbocycles. The van der Waals surface area contributed by atoms with E-state index < -0.39 is 0 Å². The van der Waals surface area contributed by atoms with E-state index in [1.54, 1.807) is 25.3 Å². The Kier molecular flexibility index (Phi) is 8.53. The van der Waals surface area contributed by atoms with Gasteiger partial charge < -0.3 is 24.4 Å². The zero-order valence-electron chi connectivity index (χ0n) is 21.5. The van der Waals surface area contributed by atoms with Crippen LogP contribution < -0.4 is 19.5 Å². The van der Waals surface area contributed by atoms with Crippen LogP contribution in [0, 0.1) is 0 Å². The second-order valence-electron chi connectivity index (χ2n) is 8.64. The van der Waals surface area contributed by atoms with Crippen LogP contribution in [-0.2, 0) is 4.79 Å². The number of nitrogens with zero attached hydrogens (tertiary/aromatic N) is 3. The molecule has 0 aliphatic carbocycles. The first-order valence-electron chi connectivity index (χ1n) is 12.1. The summed E-state index contributed by atoms with van der Waals surface area (Å²) in [4.78, 5) is 23.1. The highest BCUT2D eigenvalue weighted by atomic mass is 16.5. The standard InChI is InChI=1S/C29H32N4O4/c1-20(21-9-6-5-7-10-21)33(19-34)17-23(30-2)18-37-29-24-11-8-14-31-26(24)16-25(32-29)22-12-13-27(35-3)28(15-22)36-4/h5-16,19-20,23,30H,17-18H2,1-4H3/t20-,23-/m1/s1. The molecule has 4 rings (SSSR count). The quantitative estimate of drug-likeness (QED) is 0.287. The Morgan fingerprint density at radius 1 is 1.00 bits per heavy atom. The van der Waals surface area contributed by atoms with Crippen molar-refractivity contribution in [2.45, 2.75) is 19.0 Å². The predicted molar refractivity (Wildman–Crippen MR) is 144 cm³/mol. The van der Waals surface area contributed by atoms with Crippen LogP contribution in [0.5, 0.6) is 17.4 Å². The fourth-order valence-electron chi connectivity index (χ4n) is 4.18. The van der Waals surface area contributed by atoms with Crippen molar-refractivity contribution in [2.24, 2.45) is 0 Å². The molecule has 192 valence electrons. The molecule has 37 heavy (non-hydrogen) atoms. The molecule has 0 radical (unpaired) electrons. The number of ether oxygens (including phenoxy) is 3. The number of hydrogen-bond donors (Lipinski definition) is 1. The number of nitrogens with one attached hydrogen (secondary N) is 1. The number of benzene rings is 2. The first-order chi connectivity index (χ1) is 18.1. The number of carbonyl (C=O) groups excluding carboxylic acids is 1. The summed E-state index contributed by atoms with van der Waals surface area (Å²) in [7, 11) is 5.06. The van der Waals surface area contributed by atoms with Crippen LogP contribution >= 0.6 is 0 Å². The summed E-state index contributed by atoms with van der Waals surface area (Å²) in [6.07, 6.45) is 2.63. The fourth-order valence-corrected chi connectivity index (χ4v) is 4.18. The number of hydrogen-bond acceptors (Lipinski definition) is 7. The molecule has 2 aromatic heterocycles. The maximum absolute atomic E-state index is 11.9. The van der Waals surface area contributed by atoms with E-state index >= 15 is 0 Å². The van der Waals surface area contributed by atoms with Crippen LogP contribution in [0.25, 0.3) is 22.2 Å². The molecule has 0 bridgehead atoms. The van der Waals surface area contributed by atoms with Gasteiger partial charge in [0, 0.05) is 18.3 Å². The number of methoxy groups -OCH3 is 2. The van der Waals surface area contributed by atoms with Crippen molar-refractivity contribution in [3.8, 4) is 28.6 Å². The molecule has 0 aliphatic heterocycles. The van der Waals surface area contributed by atoms with E-state index in [4.69, 9.17) is 19.2 Å². The number of rotatable bonds is 12. The minimum atomic E-state index is -0.116. The maximum Gasteiger partial charge on any atom is 0.223 e. The SMILES string of the molecule is CN[C@@H](COc1nc(-c2ccc(OC)c(OC)c2)cc2ncccc12)CN(C=O)[C@H](C)c1ccccc1. The number of likely N-dealkylation sites (N-methyl/N-ethyl adjacent to an activating group) is 1. The summed E-state index contributed by atoms with van der Waals surface area (Å²) >= 11 is 0. The van der Waals surface area contributed by atoms with Crippen molar-refractivity contribution in [1.82, 2.24) is 20.2 Å². The average Bonchev–Trinajstić information content (AvgIpc) is 2.96. The van der Waals surface area contributed by atoms with E-state index in [2.05, 4.69) is 10.3 Å². The summed E-state index contributed by atoms with van der Waals surface area (Å²) in [6.45, 7) is 2.81. The molecule has 0 aliphatic rings. The average molecular weight is 501 g/mol. The highest BCUT2D eigenvalue weighted by Crippen LogP contribution is 2.34. The summed E-state index contributed by atoms with van der Waals surface area (Å²) in [5, 5.41) is 4.08. The van der Waals surface area contributed by atoms with Gasteiger partial charge in [0.2, 0.25) is 12.3 Å². The van der Waals surface area contributed by atoms with E-state index in [1.807, 2.05) is 80.7 Å². The van der Waals surface area contributed by atoms with E-state index in [1.165, 1.54) is 0 Å². The first-order valence-corrected chi connectivity index (χ1v) is 12.1. The van der Waals surface area contributed by atoms with Gasteiger partial charge in [-0.2, -0.15) is 0 Å². The minimum Gasteiger partial charge on any atom is -0.493 e. The number of amides is 1. The molecule has 0 spiro atoms. The van der Waals surface area contributed by atoms with E-state index in [0.29, 0.717) is 36.2 Å². The predicted octanol–water partition coefficient (Wildman–Crippen LogP) is 4.50. The van der Waals surface area contributed by atoms with Crippen molar-refractivity contribution in [3.63, 3.8) is 0 Å². The second-order valence-corrected chi connectivity index (χ2v) is 8.64. The Bertz CT molecular complexity index is 1330. The van der Waals surface area contributed by atoms with Crippen molar-refractivity contribution in [1.29, 1.82) is 0 Å². The molecular weight excluding hydrogens is 468 g/mol. The van der Waals surface area contributed by atoms with Crippen molar-refractivity contribution < 1.29 is 19.0 Å². The summed E-state index contributed by atoms with van der Waals surface area (Å²) in [5.74, 6) is 1.73. The lowest BCUT2D eigenvalue weighted by molar-refractivity contribution is -0.120. The fraction of sp³-hybridized carbons (Fsp3) is 0.276. The van der Waals surface area contributed by atoms with Crippen LogP contribution in [0.4, 0.5) is 0 Å². The summed E-state index contributed by atoms with van der Waals surface area (Å²) in [6, 6.07) is 21.2. The van der Waals surface area contributed by atoms with Gasteiger partial charge in [0.05, 0.1) is 42.9 Å². The van der Waals surface area contributed by atoms with Gasteiger partial charge in [-0.15, -0.1) is 0 Å². The van der Waals surface area contributed by atoms with E-state index in [-0.39, 0.29) is 12.1 Å². The molecule has 8 heteroatoms. The van der Waals surface area contributed by atoms with Crippen LogP contribution in [0.3, 0.4) is 0 Å². The zero-order chi connectivity index (χ0) is 26.2. The van der Waals surface area contributed by atoms with Crippen molar-refractivity contribution in [2.75, 3.05) is 34.4 Å². The largest absolute Gasteiger partial charge is 0.493 e. The zero-order valence-corrected chi connectivity index (χ0v) is 21.5. The molecule has 1 N–H and O–H groups in total. The molecule has 8 nitrogen and oxygen atoms in total. The number of carbonyl (C=O) groups is 1. The van der Waals surface area contributed by atoms with Gasteiger partial charge in [-0.1, -0.05) is 30.3 Å². The Labute approximate surface area is 217 Å². The Morgan fingerprint density at radius 2 is 1.78 bits per heavy atom. The third-order valence-electron chi connectivity index (χ3n) is 6.42. The van der Waals surface area contributed by atoms with Gasteiger partial charge in [0.25, 0.3) is 0 Å². The van der Waals surface area contributed by atoms with Gasteiger partial charge in [-0.05, 0) is 55.9 Å². The summed E-state index contributed by atoms with van der Waals surface area (Å²) < 4.78 is 17.1. The van der Waals surface area contributed by atoms with E-state index in [0.717, 1.165) is 28.4 Å². The third-order valence-corrected chi connectivity index (χ3v) is 6.42. The van der Waals surface area contributed by atoms with Gasteiger partial charge in [0.1, 0.15) is 6.61 Å². The van der Waals surface area contributed by atoms with Crippen LogP contribution in [0.1, 0.15) is 18.5 Å². The normalized spacial score (nSPS) is 12.5. The minimum absolute atomic E-state index is 0.0638. The highest BCUT2D eigenvalue weighted by Gasteiger charge is 2.20. The molecule has 0 saturated heterocycles. The molecule has 0 fully saturated rings. The Hall–Kier alpha value is -4.17. The summed E-state index contributed by atoms with van der Waals surface area (Å²) in [5.41, 5.74) is 3.40. The maximum atomic E-state index is 11.9. The van der Waals surface area contributed by atoms with Gasteiger partial charge >= 0.3 is 0 Å². The van der Waals surface area contributed by atoms with Crippen molar-refractivity contribution >= 4 is 17.3 Å². The van der Waals surface area contributed by atoms with Crippen LogP contribution in [0.15, 0.2) is 72.9 Å². The number of fused-ring (bicyclic) bond motifs is 1. The highest BCUT2D eigenvalue weighted by molar-refractivity contribution is 5.87. The number of aromatic nitrogens is 2. The molecule has 2 heterocycles. The van der Waals surface area contributed by atoms with Crippen LogP contribution in [-0.4, -0.2) is 61.7 Å². The molecular formula is C29H32N4O4. The van der Waals surface area contributed by atoms with Gasteiger partial charge in [-0.25, -0.2) is 4.98 Å². The lowest BCUT2D eigenvalue weighted by atomic mass is 10.1.